The number of hydrogen-bond acceptors (Lipinski definition) is 5. The predicted octanol–water partition coefficient (Wildman–Crippen LogP) is 2.56. The molecule has 1 aliphatic rings. The number of benzene rings is 1. The number of hydrogen-bond donors (Lipinski definition) is 2. The average Bonchev–Trinajstić information content (AvgIpc) is 2.76. The van der Waals surface area contributed by atoms with E-state index in [2.05, 4.69) is 5.32 Å². The molecular formula is C19H28BNO5. The topological polar surface area (TPSA) is 77.0 Å². The fourth-order valence-electron chi connectivity index (χ4n) is 2.76. The Labute approximate surface area is 155 Å². The van der Waals surface area contributed by atoms with E-state index in [0.717, 1.165) is 11.0 Å². The number of carboxylic acids is 1. The first-order valence-corrected chi connectivity index (χ1v) is 8.69. The van der Waals surface area contributed by atoms with E-state index in [1.165, 1.54) is 0 Å². The van der Waals surface area contributed by atoms with Gasteiger partial charge in [0, 0.05) is 6.54 Å². The summed E-state index contributed by atoms with van der Waals surface area (Å²) < 4.78 is 17.6. The average molecular weight is 361 g/mol. The minimum Gasteiger partial charge on any atom is -0.497 e. The highest BCUT2D eigenvalue weighted by atomic mass is 16.7. The number of ether oxygens (including phenoxy) is 1. The van der Waals surface area contributed by atoms with Crippen LogP contribution in [0.5, 0.6) is 5.75 Å². The van der Waals surface area contributed by atoms with Gasteiger partial charge in [-0.25, -0.2) is 0 Å². The molecule has 142 valence electrons. The predicted molar refractivity (Wildman–Crippen MR) is 102 cm³/mol. The van der Waals surface area contributed by atoms with Gasteiger partial charge in [-0.2, -0.15) is 0 Å². The molecule has 1 aliphatic heterocycles. The maximum absolute atomic E-state index is 11.2. The van der Waals surface area contributed by atoms with Crippen LogP contribution < -0.4 is 10.1 Å². The van der Waals surface area contributed by atoms with Gasteiger partial charge in [0.25, 0.3) is 0 Å². The van der Waals surface area contributed by atoms with Gasteiger partial charge in [-0.05, 0) is 63.5 Å². The molecule has 2 N–H and O–H groups in total. The molecule has 0 atom stereocenters. The fourth-order valence-corrected chi connectivity index (χ4v) is 2.76. The lowest BCUT2D eigenvalue weighted by atomic mass is 9.76. The molecule has 1 saturated heterocycles. The van der Waals surface area contributed by atoms with Gasteiger partial charge in [0.2, 0.25) is 0 Å². The molecule has 1 aromatic carbocycles. The molecule has 2 rings (SSSR count). The van der Waals surface area contributed by atoms with Crippen LogP contribution in [-0.2, 0) is 20.5 Å². The maximum atomic E-state index is 11.2. The van der Waals surface area contributed by atoms with Crippen LogP contribution in [-0.4, -0.2) is 50.1 Å². The van der Waals surface area contributed by atoms with E-state index < -0.39 is 24.3 Å². The first kappa shape index (κ1) is 20.5. The number of rotatable bonds is 7. The van der Waals surface area contributed by atoms with Gasteiger partial charge in [0.1, 0.15) is 5.75 Å². The summed E-state index contributed by atoms with van der Waals surface area (Å²) in [7, 11) is 2.93. The number of likely N-dealkylation sites (N-methyl/N-ethyl adjacent to an activating group) is 1. The Bertz CT molecular complexity index is 683. The third-order valence-corrected chi connectivity index (χ3v) is 4.97. The van der Waals surface area contributed by atoms with E-state index in [1.807, 2.05) is 46.9 Å². The summed E-state index contributed by atoms with van der Waals surface area (Å²) in [6, 6.07) is 5.38. The SMILES string of the molecule is CNCC(=Cc1cc(OC)ccc1CC(=O)O)B1OC(C)(C)C(C)(C)O1. The molecule has 1 fully saturated rings. The Morgan fingerprint density at radius 3 is 2.38 bits per heavy atom. The van der Waals surface area contributed by atoms with Gasteiger partial charge in [0.15, 0.2) is 0 Å². The van der Waals surface area contributed by atoms with Crippen molar-refractivity contribution in [3.63, 3.8) is 0 Å². The van der Waals surface area contributed by atoms with E-state index in [9.17, 15) is 9.90 Å². The number of carboxylic acid groups (broad SMARTS) is 1. The highest BCUT2D eigenvalue weighted by Gasteiger charge is 2.52. The Kier molecular flexibility index (Phi) is 6.16. The normalized spacial score (nSPS) is 18.8. The lowest BCUT2D eigenvalue weighted by Gasteiger charge is -2.32. The molecule has 1 aromatic rings. The van der Waals surface area contributed by atoms with Crippen molar-refractivity contribution in [2.24, 2.45) is 0 Å². The lowest BCUT2D eigenvalue weighted by Crippen LogP contribution is -2.41. The van der Waals surface area contributed by atoms with E-state index >= 15 is 0 Å². The van der Waals surface area contributed by atoms with Crippen molar-refractivity contribution in [2.45, 2.75) is 45.3 Å². The molecule has 0 bridgehead atoms. The summed E-state index contributed by atoms with van der Waals surface area (Å²) >= 11 is 0. The zero-order valence-electron chi connectivity index (χ0n) is 16.4. The monoisotopic (exact) mass is 361 g/mol. The number of methoxy groups -OCH3 is 1. The fraction of sp³-hybridized carbons (Fsp3) is 0.526. The third-order valence-electron chi connectivity index (χ3n) is 4.97. The minimum absolute atomic E-state index is 0.0635. The van der Waals surface area contributed by atoms with Gasteiger partial charge in [-0.1, -0.05) is 12.1 Å². The van der Waals surface area contributed by atoms with Crippen LogP contribution in [0.1, 0.15) is 38.8 Å². The summed E-state index contributed by atoms with van der Waals surface area (Å²) in [6.07, 6.45) is 1.87. The van der Waals surface area contributed by atoms with Crippen LogP contribution >= 0.6 is 0 Å². The van der Waals surface area contributed by atoms with Crippen molar-refractivity contribution in [2.75, 3.05) is 20.7 Å². The molecule has 0 unspecified atom stereocenters. The second-order valence-electron chi connectivity index (χ2n) is 7.47. The Balaban J connectivity index is 2.44. The summed E-state index contributed by atoms with van der Waals surface area (Å²) in [5.41, 5.74) is 1.51. The Morgan fingerprint density at radius 1 is 1.27 bits per heavy atom. The maximum Gasteiger partial charge on any atom is 0.491 e. The van der Waals surface area contributed by atoms with Gasteiger partial charge >= 0.3 is 13.1 Å². The summed E-state index contributed by atoms with van der Waals surface area (Å²) in [5, 5.41) is 12.3. The zero-order valence-corrected chi connectivity index (χ0v) is 16.4. The van der Waals surface area contributed by atoms with Crippen molar-refractivity contribution in [3.05, 3.63) is 34.8 Å². The van der Waals surface area contributed by atoms with Crippen LogP contribution in [0.25, 0.3) is 6.08 Å². The van der Waals surface area contributed by atoms with E-state index in [-0.39, 0.29) is 6.42 Å². The molecule has 26 heavy (non-hydrogen) atoms. The van der Waals surface area contributed by atoms with Crippen molar-refractivity contribution in [1.82, 2.24) is 5.32 Å². The van der Waals surface area contributed by atoms with Gasteiger partial charge in [-0.15, -0.1) is 0 Å². The summed E-state index contributed by atoms with van der Waals surface area (Å²) in [4.78, 5) is 11.2. The molecule has 0 saturated carbocycles. The van der Waals surface area contributed by atoms with Crippen LogP contribution in [0.2, 0.25) is 0 Å². The molecule has 1 heterocycles. The summed E-state index contributed by atoms with van der Waals surface area (Å²) in [6.45, 7) is 8.58. The highest BCUT2D eigenvalue weighted by Crippen LogP contribution is 2.39. The van der Waals surface area contributed by atoms with Crippen molar-refractivity contribution >= 4 is 19.2 Å². The Hall–Kier alpha value is -1.83. The second kappa shape index (κ2) is 7.82. The van der Waals surface area contributed by atoms with Crippen LogP contribution in [0, 0.1) is 0 Å². The molecule has 7 heteroatoms. The van der Waals surface area contributed by atoms with Crippen molar-refractivity contribution < 1.29 is 23.9 Å². The van der Waals surface area contributed by atoms with Crippen LogP contribution in [0.15, 0.2) is 23.7 Å². The molecule has 0 spiro atoms. The van der Waals surface area contributed by atoms with Crippen molar-refractivity contribution in [3.8, 4) is 5.75 Å². The van der Waals surface area contributed by atoms with Gasteiger partial charge < -0.3 is 24.5 Å². The zero-order chi connectivity index (χ0) is 19.5. The van der Waals surface area contributed by atoms with Crippen LogP contribution in [0.4, 0.5) is 0 Å². The standard InChI is InChI=1S/C19H28BNO5/c1-18(2)19(3,4)26-20(25-18)15(12-21-5)9-14-10-16(24-6)8-7-13(14)11-17(22)23/h7-10,21H,11-12H2,1-6H3,(H,22,23). The number of aliphatic carboxylic acids is 1. The molecule has 0 radical (unpaired) electrons. The third kappa shape index (κ3) is 4.47. The molecule has 0 aliphatic carbocycles. The largest absolute Gasteiger partial charge is 0.497 e. The first-order chi connectivity index (χ1) is 12.1. The smallest absolute Gasteiger partial charge is 0.491 e. The minimum atomic E-state index is -0.879. The lowest BCUT2D eigenvalue weighted by molar-refractivity contribution is -0.136. The van der Waals surface area contributed by atoms with Gasteiger partial charge in [-0.3, -0.25) is 4.79 Å². The van der Waals surface area contributed by atoms with Gasteiger partial charge in [0.05, 0.1) is 24.7 Å². The molecular weight excluding hydrogens is 333 g/mol. The summed E-state index contributed by atoms with van der Waals surface area (Å²) in [5.74, 6) is -0.210. The number of nitrogens with one attached hydrogen (secondary N) is 1. The number of carbonyl (C=O) groups is 1. The van der Waals surface area contributed by atoms with Crippen molar-refractivity contribution in [1.29, 1.82) is 0 Å². The van der Waals surface area contributed by atoms with E-state index in [0.29, 0.717) is 17.9 Å². The van der Waals surface area contributed by atoms with E-state index in [4.69, 9.17) is 14.0 Å². The molecule has 0 aromatic heterocycles. The quantitative estimate of drug-likeness (QED) is 0.727. The Morgan fingerprint density at radius 2 is 1.88 bits per heavy atom. The van der Waals surface area contributed by atoms with E-state index in [1.54, 1.807) is 19.2 Å². The van der Waals surface area contributed by atoms with Crippen LogP contribution in [0.3, 0.4) is 0 Å². The second-order valence-corrected chi connectivity index (χ2v) is 7.47. The molecule has 6 nitrogen and oxygen atoms in total. The highest BCUT2D eigenvalue weighted by molar-refractivity contribution is 6.56. The first-order valence-electron chi connectivity index (χ1n) is 8.69. The molecule has 0 amide bonds.